The average Bonchev–Trinajstić information content (AvgIpc) is 2.69. The monoisotopic (exact) mass is 402 g/mol. The number of carbonyl (C=O) groups is 2. The number of urea groups is 1. The maximum absolute atomic E-state index is 14.0. The number of hydrogen-bond donors (Lipinski definition) is 2. The lowest BCUT2D eigenvalue weighted by molar-refractivity contribution is -0.151. The Morgan fingerprint density at radius 1 is 1.14 bits per heavy atom. The van der Waals surface area contributed by atoms with Gasteiger partial charge in [0.25, 0.3) is 0 Å². The molecule has 29 heavy (non-hydrogen) atoms. The van der Waals surface area contributed by atoms with Crippen molar-refractivity contribution in [2.75, 3.05) is 30.8 Å². The highest BCUT2D eigenvalue weighted by atomic mass is 19.1. The van der Waals surface area contributed by atoms with E-state index in [9.17, 15) is 14.0 Å². The van der Waals surface area contributed by atoms with Gasteiger partial charge in [-0.15, -0.1) is 5.06 Å². The Hall–Kier alpha value is -3.20. The van der Waals surface area contributed by atoms with E-state index in [0.717, 1.165) is 5.69 Å². The van der Waals surface area contributed by atoms with Gasteiger partial charge in [0, 0.05) is 36.6 Å². The second-order valence-corrected chi connectivity index (χ2v) is 6.76. The van der Waals surface area contributed by atoms with Crippen LogP contribution in [0.15, 0.2) is 36.5 Å². The van der Waals surface area contributed by atoms with Crippen molar-refractivity contribution in [3.05, 3.63) is 48.0 Å². The molecule has 8 nitrogen and oxygen atoms in total. The zero-order valence-corrected chi connectivity index (χ0v) is 16.3. The Kier molecular flexibility index (Phi) is 6.61. The number of amides is 2. The number of anilines is 2. The summed E-state index contributed by atoms with van der Waals surface area (Å²) in [6.45, 7) is 2.87. The Morgan fingerprint density at radius 2 is 1.86 bits per heavy atom. The summed E-state index contributed by atoms with van der Waals surface area (Å²) < 4.78 is 18.7. The fourth-order valence-electron chi connectivity index (χ4n) is 3.02. The summed E-state index contributed by atoms with van der Waals surface area (Å²) in [7, 11) is 1.37. The summed E-state index contributed by atoms with van der Waals surface area (Å²) in [6, 6.07) is 6.93. The van der Waals surface area contributed by atoms with Crippen LogP contribution in [-0.4, -0.2) is 42.2 Å². The smallest absolute Gasteiger partial charge is 0.323 e. The summed E-state index contributed by atoms with van der Waals surface area (Å²) in [5.41, 5.74) is 1.61. The molecule has 3 rings (SSSR count). The van der Waals surface area contributed by atoms with Crippen LogP contribution in [-0.2, 0) is 9.53 Å². The van der Waals surface area contributed by atoms with E-state index in [4.69, 9.17) is 9.57 Å². The summed E-state index contributed by atoms with van der Waals surface area (Å²) in [4.78, 5) is 33.5. The van der Waals surface area contributed by atoms with Crippen LogP contribution in [0.5, 0.6) is 5.75 Å². The van der Waals surface area contributed by atoms with Crippen molar-refractivity contribution in [3.63, 3.8) is 0 Å². The minimum absolute atomic E-state index is 0.149. The molecular weight excluding hydrogens is 379 g/mol. The van der Waals surface area contributed by atoms with Gasteiger partial charge >= 0.3 is 12.0 Å². The molecule has 2 amide bonds. The van der Waals surface area contributed by atoms with E-state index in [1.165, 1.54) is 31.5 Å². The number of rotatable bonds is 5. The Labute approximate surface area is 168 Å². The third-order valence-corrected chi connectivity index (χ3v) is 4.52. The molecule has 0 unspecified atom stereocenters. The number of aryl methyl sites for hydroxylation is 1. The number of hydroxylamine groups is 2. The molecule has 1 saturated heterocycles. The van der Waals surface area contributed by atoms with E-state index in [2.05, 4.69) is 15.6 Å². The average molecular weight is 402 g/mol. The molecule has 1 aliphatic heterocycles. The number of ether oxygens (including phenoxy) is 1. The highest BCUT2D eigenvalue weighted by Crippen LogP contribution is 2.24. The first-order chi connectivity index (χ1) is 13.9. The van der Waals surface area contributed by atoms with Crippen molar-refractivity contribution < 1.29 is 23.6 Å². The molecule has 2 heterocycles. The van der Waals surface area contributed by atoms with Gasteiger partial charge in [0.2, 0.25) is 0 Å². The summed E-state index contributed by atoms with van der Waals surface area (Å²) >= 11 is 0. The fraction of sp³-hybridized carbons (Fsp3) is 0.350. The van der Waals surface area contributed by atoms with Crippen molar-refractivity contribution in [1.29, 1.82) is 0 Å². The summed E-state index contributed by atoms with van der Waals surface area (Å²) in [6.07, 6.45) is 2.73. The standard InChI is InChI=1S/C20H23FN4O4/c1-13-3-4-16(12-22-13)23-20(27)24-17-9-15(21)10-18(11-17)29-25-7-5-14(6-8-25)19(26)28-2/h3-4,9-12,14H,5-8H2,1-2H3,(H2,23,24,27). The molecular formula is C20H23FN4O4. The summed E-state index contributed by atoms with van der Waals surface area (Å²) in [5, 5.41) is 6.87. The Balaban J connectivity index is 1.57. The molecule has 0 bridgehead atoms. The van der Waals surface area contributed by atoms with Gasteiger partial charge in [-0.3, -0.25) is 9.78 Å². The molecule has 1 aliphatic rings. The van der Waals surface area contributed by atoms with Crippen LogP contribution in [0.4, 0.5) is 20.6 Å². The molecule has 0 radical (unpaired) electrons. The van der Waals surface area contributed by atoms with Gasteiger partial charge in [0.1, 0.15) is 5.82 Å². The molecule has 0 spiro atoms. The molecule has 0 aliphatic carbocycles. The van der Waals surface area contributed by atoms with E-state index in [1.807, 2.05) is 6.92 Å². The number of nitrogens with zero attached hydrogens (tertiary/aromatic N) is 2. The van der Waals surface area contributed by atoms with Gasteiger partial charge in [-0.05, 0) is 38.0 Å². The number of pyridine rings is 1. The first-order valence-electron chi connectivity index (χ1n) is 9.25. The highest BCUT2D eigenvalue weighted by molar-refractivity contribution is 5.99. The Morgan fingerprint density at radius 3 is 2.52 bits per heavy atom. The number of nitrogens with one attached hydrogen (secondary N) is 2. The molecule has 0 atom stereocenters. The minimum Gasteiger partial charge on any atom is -0.469 e. The van der Waals surface area contributed by atoms with Gasteiger partial charge in [0.05, 0.1) is 24.9 Å². The highest BCUT2D eigenvalue weighted by Gasteiger charge is 2.26. The number of esters is 1. The predicted octanol–water partition coefficient (Wildman–Crippen LogP) is 3.35. The predicted molar refractivity (Wildman–Crippen MR) is 105 cm³/mol. The van der Waals surface area contributed by atoms with Crippen LogP contribution in [0.1, 0.15) is 18.5 Å². The van der Waals surface area contributed by atoms with Crippen LogP contribution in [0, 0.1) is 18.7 Å². The zero-order chi connectivity index (χ0) is 20.8. The van der Waals surface area contributed by atoms with Crippen molar-refractivity contribution in [2.24, 2.45) is 5.92 Å². The topological polar surface area (TPSA) is 92.8 Å². The summed E-state index contributed by atoms with van der Waals surface area (Å²) in [5.74, 6) is -0.658. The van der Waals surface area contributed by atoms with Crippen LogP contribution in [0.2, 0.25) is 0 Å². The third kappa shape index (κ3) is 5.89. The van der Waals surface area contributed by atoms with Crippen molar-refractivity contribution in [2.45, 2.75) is 19.8 Å². The first-order valence-corrected chi connectivity index (χ1v) is 9.25. The SMILES string of the molecule is COC(=O)C1CCN(Oc2cc(F)cc(NC(=O)Nc3ccc(C)nc3)c2)CC1. The number of piperidine rings is 1. The first kappa shape index (κ1) is 20.5. The van der Waals surface area contributed by atoms with E-state index >= 15 is 0 Å². The van der Waals surface area contributed by atoms with Gasteiger partial charge < -0.3 is 20.2 Å². The molecule has 1 fully saturated rings. The molecule has 2 aromatic rings. The maximum atomic E-state index is 14.0. The van der Waals surface area contributed by atoms with Crippen LogP contribution >= 0.6 is 0 Å². The molecule has 1 aromatic heterocycles. The number of aromatic nitrogens is 1. The second kappa shape index (κ2) is 9.33. The fourth-order valence-corrected chi connectivity index (χ4v) is 3.02. The van der Waals surface area contributed by atoms with E-state index in [1.54, 1.807) is 17.2 Å². The van der Waals surface area contributed by atoms with Crippen LogP contribution in [0.3, 0.4) is 0 Å². The molecule has 2 N–H and O–H groups in total. The van der Waals surface area contributed by atoms with E-state index < -0.39 is 11.8 Å². The molecule has 154 valence electrons. The maximum Gasteiger partial charge on any atom is 0.323 e. The van der Waals surface area contributed by atoms with Gasteiger partial charge in [-0.2, -0.15) is 0 Å². The number of methoxy groups -OCH3 is 1. The largest absolute Gasteiger partial charge is 0.469 e. The lowest BCUT2D eigenvalue weighted by Gasteiger charge is -2.30. The molecule has 9 heteroatoms. The van der Waals surface area contributed by atoms with Crippen molar-refractivity contribution in [1.82, 2.24) is 10.0 Å². The molecule has 0 saturated carbocycles. The third-order valence-electron chi connectivity index (χ3n) is 4.52. The van der Waals surface area contributed by atoms with Gasteiger partial charge in [0.15, 0.2) is 5.75 Å². The lowest BCUT2D eigenvalue weighted by atomic mass is 9.98. The Bertz CT molecular complexity index is 867. The molecule has 1 aromatic carbocycles. The lowest BCUT2D eigenvalue weighted by Crippen LogP contribution is -2.38. The van der Waals surface area contributed by atoms with E-state index in [-0.39, 0.29) is 23.3 Å². The minimum atomic E-state index is -0.542. The van der Waals surface area contributed by atoms with Crippen molar-refractivity contribution in [3.8, 4) is 5.75 Å². The van der Waals surface area contributed by atoms with E-state index in [0.29, 0.717) is 31.6 Å². The second-order valence-electron chi connectivity index (χ2n) is 6.76. The van der Waals surface area contributed by atoms with Crippen LogP contribution in [0.25, 0.3) is 0 Å². The number of benzene rings is 1. The number of halogens is 1. The normalized spacial score (nSPS) is 14.9. The quantitative estimate of drug-likeness (QED) is 0.745. The van der Waals surface area contributed by atoms with Crippen molar-refractivity contribution >= 4 is 23.4 Å². The zero-order valence-electron chi connectivity index (χ0n) is 16.3. The van der Waals surface area contributed by atoms with Crippen LogP contribution < -0.4 is 15.5 Å². The number of hydrogen-bond acceptors (Lipinski definition) is 6. The van der Waals surface area contributed by atoms with Gasteiger partial charge in [-0.1, -0.05) is 0 Å². The van der Waals surface area contributed by atoms with Gasteiger partial charge in [-0.25, -0.2) is 9.18 Å². The number of carbonyl (C=O) groups excluding carboxylic acids is 2.